The van der Waals surface area contributed by atoms with E-state index in [0.29, 0.717) is 47.6 Å². The van der Waals surface area contributed by atoms with Crippen LogP contribution in [0.3, 0.4) is 0 Å². The lowest BCUT2D eigenvalue weighted by molar-refractivity contribution is -0.111. The third-order valence-corrected chi connectivity index (χ3v) is 8.20. The van der Waals surface area contributed by atoms with Crippen LogP contribution in [0.15, 0.2) is 18.2 Å². The Kier molecular flexibility index (Phi) is 11.3. The van der Waals surface area contributed by atoms with Gasteiger partial charge in [-0.25, -0.2) is 8.78 Å². The number of ether oxygens (including phenoxy) is 2. The van der Waals surface area contributed by atoms with E-state index in [-0.39, 0.29) is 23.3 Å². The molecule has 210 valence electrons. The molecule has 0 bridgehead atoms. The number of hydrogen-bond acceptors (Lipinski definition) is 3. The second-order valence-corrected chi connectivity index (χ2v) is 11.0. The van der Waals surface area contributed by atoms with Crippen molar-refractivity contribution in [3.05, 3.63) is 57.9 Å². The summed E-state index contributed by atoms with van der Waals surface area (Å²) in [5.41, 5.74) is 2.06. The van der Waals surface area contributed by atoms with Gasteiger partial charge in [-0.3, -0.25) is 0 Å². The van der Waals surface area contributed by atoms with Crippen molar-refractivity contribution in [3.8, 4) is 11.5 Å². The summed E-state index contributed by atoms with van der Waals surface area (Å²) in [4.78, 5) is 10.9. The van der Waals surface area contributed by atoms with Gasteiger partial charge in [-0.15, -0.1) is 0 Å². The molecule has 6 heteroatoms. The Hall–Kier alpha value is -2.34. The molecule has 2 unspecified atom stereocenters. The quantitative estimate of drug-likeness (QED) is 0.258. The molecule has 1 aliphatic carbocycles. The molecule has 2 aliphatic rings. The van der Waals surface area contributed by atoms with Crippen molar-refractivity contribution in [2.45, 2.75) is 104 Å². The van der Waals surface area contributed by atoms with E-state index in [1.807, 2.05) is 13.0 Å². The van der Waals surface area contributed by atoms with E-state index >= 15 is 4.39 Å². The van der Waals surface area contributed by atoms with Gasteiger partial charge in [0.25, 0.3) is 0 Å². The molecular formula is C32H43F3O3. The van der Waals surface area contributed by atoms with Gasteiger partial charge in [-0.2, -0.15) is 4.39 Å². The molecule has 0 aromatic heterocycles. The summed E-state index contributed by atoms with van der Waals surface area (Å²) >= 11 is 0. The van der Waals surface area contributed by atoms with Crippen molar-refractivity contribution >= 4 is 6.29 Å². The van der Waals surface area contributed by atoms with E-state index in [1.165, 1.54) is 19.3 Å². The first kappa shape index (κ1) is 30.2. The predicted molar refractivity (Wildman–Crippen MR) is 146 cm³/mol. The molecule has 0 N–H and O–H groups in total. The van der Waals surface area contributed by atoms with Crippen molar-refractivity contribution in [2.75, 3.05) is 7.11 Å². The first-order valence-electron chi connectivity index (χ1n) is 14.2. The first-order valence-corrected chi connectivity index (χ1v) is 14.2. The smallest absolute Gasteiger partial charge is 0.201 e. The zero-order valence-corrected chi connectivity index (χ0v) is 23.5. The molecule has 1 heterocycles. The minimum absolute atomic E-state index is 0.00375. The molecule has 0 amide bonds. The van der Waals surface area contributed by atoms with Gasteiger partial charge in [-0.05, 0) is 80.9 Å². The molecule has 2 aromatic rings. The number of carbonyl (C=O) groups excluding carboxylic acids is 1. The molecule has 38 heavy (non-hydrogen) atoms. The maximum Gasteiger partial charge on any atom is 0.201 e. The summed E-state index contributed by atoms with van der Waals surface area (Å²) in [6.45, 7) is 8.56. The number of aldehydes is 1. The van der Waals surface area contributed by atoms with E-state index in [9.17, 15) is 13.6 Å². The van der Waals surface area contributed by atoms with Gasteiger partial charge in [-0.1, -0.05) is 45.7 Å². The molecule has 4 rings (SSSR count). The van der Waals surface area contributed by atoms with Crippen molar-refractivity contribution in [3.63, 3.8) is 0 Å². The lowest BCUT2D eigenvalue weighted by Crippen LogP contribution is -2.16. The summed E-state index contributed by atoms with van der Waals surface area (Å²) in [7, 11) is 1.78. The number of methoxy groups -OCH3 is 1. The van der Waals surface area contributed by atoms with Crippen LogP contribution in [-0.2, 0) is 22.4 Å². The highest BCUT2D eigenvalue weighted by Gasteiger charge is 2.31. The van der Waals surface area contributed by atoms with Gasteiger partial charge < -0.3 is 14.3 Å². The number of rotatable bonds is 9. The van der Waals surface area contributed by atoms with Crippen LogP contribution >= 0.6 is 0 Å². The van der Waals surface area contributed by atoms with E-state index < -0.39 is 17.5 Å². The second-order valence-electron chi connectivity index (χ2n) is 11.0. The Balaban J connectivity index is 0.000000342. The van der Waals surface area contributed by atoms with Gasteiger partial charge in [0.2, 0.25) is 5.82 Å². The second kappa shape index (κ2) is 14.2. The average molecular weight is 533 g/mol. The largest absolute Gasteiger partial charge is 0.450 e. The summed E-state index contributed by atoms with van der Waals surface area (Å²) < 4.78 is 54.8. The monoisotopic (exact) mass is 532 g/mol. The Morgan fingerprint density at radius 3 is 2.26 bits per heavy atom. The fourth-order valence-electron chi connectivity index (χ4n) is 5.30. The highest BCUT2D eigenvalue weighted by Crippen LogP contribution is 2.45. The van der Waals surface area contributed by atoms with Crippen LogP contribution in [0.25, 0.3) is 0 Å². The Labute approximate surface area is 226 Å². The van der Waals surface area contributed by atoms with E-state index in [0.717, 1.165) is 37.9 Å². The van der Waals surface area contributed by atoms with Gasteiger partial charge in [0.1, 0.15) is 6.29 Å². The zero-order valence-electron chi connectivity index (χ0n) is 23.5. The number of hydrogen-bond donors (Lipinski definition) is 0. The first-order chi connectivity index (χ1) is 18.2. The van der Waals surface area contributed by atoms with Crippen molar-refractivity contribution in [2.24, 2.45) is 11.8 Å². The molecule has 0 saturated heterocycles. The minimum atomic E-state index is -1.04. The Bertz CT molecular complexity index is 1070. The highest BCUT2D eigenvalue weighted by molar-refractivity contribution is 5.55. The number of carbonyl (C=O) groups is 1. The summed E-state index contributed by atoms with van der Waals surface area (Å²) in [5, 5.41) is 0. The van der Waals surface area contributed by atoms with E-state index in [1.54, 1.807) is 19.2 Å². The maximum atomic E-state index is 15.2. The van der Waals surface area contributed by atoms with Crippen LogP contribution in [0.2, 0.25) is 0 Å². The molecule has 1 fully saturated rings. The van der Waals surface area contributed by atoms with Crippen LogP contribution in [0.5, 0.6) is 11.5 Å². The molecule has 2 aromatic carbocycles. The minimum Gasteiger partial charge on any atom is -0.450 e. The third-order valence-electron chi connectivity index (χ3n) is 8.20. The molecular weight excluding hydrogens is 489 g/mol. The molecule has 0 radical (unpaired) electrons. The lowest BCUT2D eigenvalue weighted by Gasteiger charge is -2.28. The Morgan fingerprint density at radius 2 is 1.66 bits per heavy atom. The van der Waals surface area contributed by atoms with Crippen molar-refractivity contribution in [1.29, 1.82) is 0 Å². The maximum absolute atomic E-state index is 15.2. The number of aryl methyl sites for hydroxylation is 1. The normalized spacial score (nSPS) is 19.8. The standard InChI is InChI=1S/C23H23F3O2.C9H20O/c1-2-3-15-10-17-11-16-8-9-18(14-6-4-13(12-27)5-7-14)20(25)22(16)28-23(17)21(26)19(15)24;1-5-8(2)6-7-9(3)10-4/h8-10,12-14H,2-7,11H2,1H3;8-9H,5-7H2,1-4H3. The van der Waals surface area contributed by atoms with Gasteiger partial charge in [0.05, 0.1) is 6.10 Å². The molecule has 1 saturated carbocycles. The van der Waals surface area contributed by atoms with Crippen molar-refractivity contribution < 1.29 is 27.4 Å². The SMILES string of the molecule is CCC(C)CCC(C)OC.CCCc1cc2c(c(F)c1F)Oc1c(ccc(C3CCC(C=O)CC3)c1F)C2. The van der Waals surface area contributed by atoms with E-state index in [4.69, 9.17) is 9.47 Å². The topological polar surface area (TPSA) is 35.5 Å². The van der Waals surface area contributed by atoms with Crippen LogP contribution in [-0.4, -0.2) is 19.5 Å². The summed E-state index contributed by atoms with van der Waals surface area (Å²) in [6.07, 6.45) is 9.62. The zero-order chi connectivity index (χ0) is 27.8. The number of halogens is 3. The van der Waals surface area contributed by atoms with Crippen LogP contribution in [0.4, 0.5) is 13.2 Å². The van der Waals surface area contributed by atoms with Gasteiger partial charge >= 0.3 is 0 Å². The van der Waals surface area contributed by atoms with Crippen molar-refractivity contribution in [1.82, 2.24) is 0 Å². The number of benzene rings is 2. The highest BCUT2D eigenvalue weighted by atomic mass is 19.2. The fourth-order valence-corrected chi connectivity index (χ4v) is 5.30. The number of fused-ring (bicyclic) bond motifs is 2. The third kappa shape index (κ3) is 7.19. The van der Waals surface area contributed by atoms with Crippen LogP contribution in [0.1, 0.15) is 107 Å². The predicted octanol–water partition coefficient (Wildman–Crippen LogP) is 9.07. The molecule has 1 aliphatic heterocycles. The summed E-state index contributed by atoms with van der Waals surface area (Å²) in [6, 6.07) is 5.23. The average Bonchev–Trinajstić information content (AvgIpc) is 2.94. The van der Waals surface area contributed by atoms with Crippen LogP contribution < -0.4 is 4.74 Å². The van der Waals surface area contributed by atoms with Crippen LogP contribution in [0, 0.1) is 29.3 Å². The molecule has 0 spiro atoms. The molecule has 3 nitrogen and oxygen atoms in total. The van der Waals surface area contributed by atoms with Gasteiger partial charge in [0.15, 0.2) is 23.1 Å². The lowest BCUT2D eigenvalue weighted by atomic mass is 9.78. The summed E-state index contributed by atoms with van der Waals surface area (Å²) in [5.74, 6) is -1.72. The fraction of sp³-hybridized carbons (Fsp3) is 0.594. The van der Waals surface area contributed by atoms with Gasteiger partial charge in [0, 0.05) is 30.6 Å². The van der Waals surface area contributed by atoms with E-state index in [2.05, 4.69) is 20.8 Å². The molecule has 2 atom stereocenters. The Morgan fingerprint density at radius 1 is 0.974 bits per heavy atom.